The van der Waals surface area contributed by atoms with Crippen molar-refractivity contribution >= 4 is 11.9 Å². The molecule has 7 nitrogen and oxygen atoms in total. The van der Waals surface area contributed by atoms with Crippen molar-refractivity contribution in [1.82, 2.24) is 0 Å². The van der Waals surface area contributed by atoms with Crippen molar-refractivity contribution in [3.05, 3.63) is 46.9 Å². The predicted molar refractivity (Wildman–Crippen MR) is 83.5 cm³/mol. The van der Waals surface area contributed by atoms with E-state index in [1.54, 1.807) is 25.1 Å². The van der Waals surface area contributed by atoms with E-state index in [2.05, 4.69) is 4.74 Å². The summed E-state index contributed by atoms with van der Waals surface area (Å²) >= 11 is 0. The van der Waals surface area contributed by atoms with Gasteiger partial charge in [-0.2, -0.15) is 0 Å². The monoisotopic (exact) mass is 334 g/mol. The number of furan rings is 1. The molecule has 0 aliphatic rings. The third kappa shape index (κ3) is 3.68. The van der Waals surface area contributed by atoms with Gasteiger partial charge in [-0.05, 0) is 25.1 Å². The SMILES string of the molecule is COC(=O)c1cc(COC(=O)c2ccc(OC)cc2OC)oc1C. The molecule has 0 N–H and O–H groups in total. The number of carbonyl (C=O) groups excluding carboxylic acids is 2. The second-order valence-corrected chi connectivity index (χ2v) is 4.82. The van der Waals surface area contributed by atoms with Crippen molar-refractivity contribution in [3.63, 3.8) is 0 Å². The Hall–Kier alpha value is -2.96. The summed E-state index contributed by atoms with van der Waals surface area (Å²) in [6, 6.07) is 6.25. The minimum Gasteiger partial charge on any atom is -0.497 e. The number of esters is 2. The van der Waals surface area contributed by atoms with Crippen LogP contribution in [0.2, 0.25) is 0 Å². The lowest BCUT2D eigenvalue weighted by atomic mass is 10.2. The number of rotatable bonds is 6. The van der Waals surface area contributed by atoms with Crippen LogP contribution in [0.25, 0.3) is 0 Å². The average molecular weight is 334 g/mol. The zero-order chi connectivity index (χ0) is 17.7. The van der Waals surface area contributed by atoms with Crippen LogP contribution in [0.3, 0.4) is 0 Å². The van der Waals surface area contributed by atoms with Gasteiger partial charge < -0.3 is 23.4 Å². The number of ether oxygens (including phenoxy) is 4. The van der Waals surface area contributed by atoms with Crippen molar-refractivity contribution in [2.45, 2.75) is 13.5 Å². The Bertz CT molecular complexity index is 745. The maximum absolute atomic E-state index is 12.2. The van der Waals surface area contributed by atoms with E-state index in [9.17, 15) is 9.59 Å². The molecule has 0 saturated heterocycles. The van der Waals surface area contributed by atoms with Crippen LogP contribution in [-0.2, 0) is 16.1 Å². The van der Waals surface area contributed by atoms with Gasteiger partial charge in [0.2, 0.25) is 0 Å². The van der Waals surface area contributed by atoms with Crippen molar-refractivity contribution in [1.29, 1.82) is 0 Å². The summed E-state index contributed by atoms with van der Waals surface area (Å²) in [4.78, 5) is 23.7. The average Bonchev–Trinajstić information content (AvgIpc) is 2.99. The molecule has 1 aromatic carbocycles. The molecule has 0 aliphatic heterocycles. The number of benzene rings is 1. The van der Waals surface area contributed by atoms with Crippen LogP contribution in [0.1, 0.15) is 32.2 Å². The maximum atomic E-state index is 12.2. The first kappa shape index (κ1) is 17.4. The Labute approximate surface area is 139 Å². The van der Waals surface area contributed by atoms with Crippen LogP contribution in [0.15, 0.2) is 28.7 Å². The Morgan fingerprint density at radius 3 is 2.38 bits per heavy atom. The van der Waals surface area contributed by atoms with Crippen molar-refractivity contribution < 1.29 is 33.0 Å². The lowest BCUT2D eigenvalue weighted by Crippen LogP contribution is -2.07. The van der Waals surface area contributed by atoms with Crippen LogP contribution in [0.4, 0.5) is 0 Å². The molecule has 0 unspecified atom stereocenters. The smallest absolute Gasteiger partial charge is 0.342 e. The Balaban J connectivity index is 2.10. The third-order valence-corrected chi connectivity index (χ3v) is 3.35. The lowest BCUT2D eigenvalue weighted by Gasteiger charge is -2.09. The molecule has 0 saturated carbocycles. The fourth-order valence-corrected chi connectivity index (χ4v) is 2.11. The zero-order valence-electron chi connectivity index (χ0n) is 13.9. The van der Waals surface area contributed by atoms with Gasteiger partial charge in [0.05, 0.1) is 21.3 Å². The molecular weight excluding hydrogens is 316 g/mol. The van der Waals surface area contributed by atoms with Gasteiger partial charge in [0.15, 0.2) is 0 Å². The molecule has 0 bridgehead atoms. The van der Waals surface area contributed by atoms with E-state index in [0.717, 1.165) is 0 Å². The fraction of sp³-hybridized carbons (Fsp3) is 0.294. The maximum Gasteiger partial charge on any atom is 0.342 e. The number of aryl methyl sites for hydroxylation is 1. The minimum atomic E-state index is -0.580. The number of methoxy groups -OCH3 is 3. The van der Waals surface area contributed by atoms with E-state index in [0.29, 0.717) is 28.6 Å². The van der Waals surface area contributed by atoms with Crippen molar-refractivity contribution in [2.24, 2.45) is 0 Å². The summed E-state index contributed by atoms with van der Waals surface area (Å²) in [5, 5.41) is 0. The van der Waals surface area contributed by atoms with Gasteiger partial charge in [0, 0.05) is 6.07 Å². The summed E-state index contributed by atoms with van der Waals surface area (Å²) < 4.78 is 25.5. The summed E-state index contributed by atoms with van der Waals surface area (Å²) in [7, 11) is 4.25. The standard InChI is InChI=1S/C17H18O7/c1-10-14(16(18)22-4)7-12(24-10)9-23-17(19)13-6-5-11(20-2)8-15(13)21-3/h5-8H,9H2,1-4H3. The molecule has 0 fully saturated rings. The second kappa shape index (κ2) is 7.54. The molecule has 2 aromatic rings. The van der Waals surface area contributed by atoms with Crippen LogP contribution >= 0.6 is 0 Å². The van der Waals surface area contributed by atoms with E-state index in [1.165, 1.54) is 27.4 Å². The third-order valence-electron chi connectivity index (χ3n) is 3.35. The summed E-state index contributed by atoms with van der Waals surface area (Å²) in [5.41, 5.74) is 0.556. The highest BCUT2D eigenvalue weighted by atomic mass is 16.5. The highest BCUT2D eigenvalue weighted by Gasteiger charge is 2.18. The molecule has 1 heterocycles. The van der Waals surface area contributed by atoms with Gasteiger partial charge in [0.25, 0.3) is 0 Å². The molecule has 0 radical (unpaired) electrons. The zero-order valence-corrected chi connectivity index (χ0v) is 13.9. The molecule has 0 aliphatic carbocycles. The lowest BCUT2D eigenvalue weighted by molar-refractivity contribution is 0.0440. The Morgan fingerprint density at radius 2 is 1.75 bits per heavy atom. The molecule has 128 valence electrons. The van der Waals surface area contributed by atoms with Gasteiger partial charge >= 0.3 is 11.9 Å². The second-order valence-electron chi connectivity index (χ2n) is 4.82. The van der Waals surface area contributed by atoms with E-state index in [4.69, 9.17) is 18.6 Å². The van der Waals surface area contributed by atoms with Crippen LogP contribution in [0.5, 0.6) is 11.5 Å². The first-order valence-corrected chi connectivity index (χ1v) is 7.07. The predicted octanol–water partition coefficient (Wildman–Crippen LogP) is 2.75. The topological polar surface area (TPSA) is 84.2 Å². The van der Waals surface area contributed by atoms with Crippen molar-refractivity contribution in [2.75, 3.05) is 21.3 Å². The summed E-state index contributed by atoms with van der Waals surface area (Å²) in [6.45, 7) is 1.51. The highest BCUT2D eigenvalue weighted by molar-refractivity contribution is 5.93. The molecule has 1 aromatic heterocycles. The molecule has 24 heavy (non-hydrogen) atoms. The number of carbonyl (C=O) groups is 2. The summed E-state index contributed by atoms with van der Waals surface area (Å²) in [5.74, 6) is 0.551. The van der Waals surface area contributed by atoms with Gasteiger partial charge in [-0.25, -0.2) is 9.59 Å². The van der Waals surface area contributed by atoms with Gasteiger partial charge in [-0.15, -0.1) is 0 Å². The molecule has 0 amide bonds. The normalized spacial score (nSPS) is 10.2. The molecule has 2 rings (SSSR count). The quantitative estimate of drug-likeness (QED) is 0.751. The van der Waals surface area contributed by atoms with Crippen molar-refractivity contribution in [3.8, 4) is 11.5 Å². The Kier molecular flexibility index (Phi) is 5.47. The van der Waals surface area contributed by atoms with E-state index in [-0.39, 0.29) is 12.2 Å². The van der Waals surface area contributed by atoms with E-state index < -0.39 is 11.9 Å². The molecule has 0 atom stereocenters. The van der Waals surface area contributed by atoms with Gasteiger partial charge in [0.1, 0.15) is 40.8 Å². The largest absolute Gasteiger partial charge is 0.497 e. The summed E-state index contributed by atoms with van der Waals surface area (Å²) in [6.07, 6.45) is 0. The number of hydrogen-bond acceptors (Lipinski definition) is 7. The first-order chi connectivity index (χ1) is 11.5. The highest BCUT2D eigenvalue weighted by Crippen LogP contribution is 2.25. The van der Waals surface area contributed by atoms with Crippen LogP contribution < -0.4 is 9.47 Å². The Morgan fingerprint density at radius 1 is 1.00 bits per heavy atom. The van der Waals surface area contributed by atoms with E-state index >= 15 is 0 Å². The molecule has 7 heteroatoms. The van der Waals surface area contributed by atoms with Crippen LogP contribution in [0, 0.1) is 6.92 Å². The van der Waals surface area contributed by atoms with Gasteiger partial charge in [-0.1, -0.05) is 0 Å². The number of hydrogen-bond donors (Lipinski definition) is 0. The molecular formula is C17H18O7. The van der Waals surface area contributed by atoms with Crippen LogP contribution in [-0.4, -0.2) is 33.3 Å². The molecule has 0 spiro atoms. The fourth-order valence-electron chi connectivity index (χ4n) is 2.11. The van der Waals surface area contributed by atoms with Gasteiger partial charge in [-0.3, -0.25) is 0 Å². The first-order valence-electron chi connectivity index (χ1n) is 7.07. The van der Waals surface area contributed by atoms with E-state index in [1.807, 2.05) is 0 Å². The minimum absolute atomic E-state index is 0.119.